The van der Waals surface area contributed by atoms with Gasteiger partial charge in [0.1, 0.15) is 11.5 Å². The van der Waals surface area contributed by atoms with E-state index in [0.717, 1.165) is 31.4 Å². The standard InChI is InChI=1S/C30H32N2O3/c1-30(2,3)22-11-9-20(10-12-22)17-27-28(34)23-13-14-26(33)24(29(23)35-27)19-32-16-5-4-8-25(32)21-7-6-15-31-18-21/h6-7,9-15,17-18,25,33H,4-5,8,16,19H2,1-3H3/b27-17-/t25-/m0/s1. The van der Waals surface area contributed by atoms with E-state index in [4.69, 9.17) is 4.74 Å². The number of pyridine rings is 1. The Balaban J connectivity index is 1.43. The average molecular weight is 469 g/mol. The van der Waals surface area contributed by atoms with Gasteiger partial charge in [-0.2, -0.15) is 0 Å². The minimum atomic E-state index is -0.149. The molecule has 0 unspecified atom stereocenters. The van der Waals surface area contributed by atoms with Crippen LogP contribution in [0.15, 0.2) is 66.7 Å². The van der Waals surface area contributed by atoms with Crippen molar-refractivity contribution < 1.29 is 14.6 Å². The van der Waals surface area contributed by atoms with Gasteiger partial charge in [-0.25, -0.2) is 0 Å². The molecule has 0 saturated carbocycles. The summed E-state index contributed by atoms with van der Waals surface area (Å²) in [4.78, 5) is 19.8. The lowest BCUT2D eigenvalue weighted by Crippen LogP contribution is -2.33. The summed E-state index contributed by atoms with van der Waals surface area (Å²) in [6.45, 7) is 7.95. The molecule has 180 valence electrons. The van der Waals surface area contributed by atoms with Crippen molar-refractivity contribution >= 4 is 11.9 Å². The number of phenolic OH excluding ortho intramolecular Hbond substituents is 1. The minimum Gasteiger partial charge on any atom is -0.507 e. The third kappa shape index (κ3) is 4.73. The summed E-state index contributed by atoms with van der Waals surface area (Å²) in [6, 6.07) is 15.8. The molecule has 0 radical (unpaired) electrons. The number of benzene rings is 2. The third-order valence-electron chi connectivity index (χ3n) is 7.03. The molecule has 1 saturated heterocycles. The summed E-state index contributed by atoms with van der Waals surface area (Å²) in [5.41, 5.74) is 4.56. The van der Waals surface area contributed by atoms with Crippen LogP contribution in [0.2, 0.25) is 0 Å². The van der Waals surface area contributed by atoms with Gasteiger partial charge in [0, 0.05) is 25.0 Å². The number of phenols is 1. The Morgan fingerprint density at radius 3 is 2.63 bits per heavy atom. The maximum atomic E-state index is 13.2. The van der Waals surface area contributed by atoms with Gasteiger partial charge in [-0.05, 0) is 65.8 Å². The number of likely N-dealkylation sites (tertiary alicyclic amines) is 1. The SMILES string of the molecule is CC(C)(C)c1ccc(/C=C2\Oc3c(ccc(O)c3CN3CCCC[C@H]3c3cccnc3)C2=O)cc1. The predicted molar refractivity (Wildman–Crippen MR) is 137 cm³/mol. The van der Waals surface area contributed by atoms with Crippen LogP contribution in [0.25, 0.3) is 6.08 Å². The van der Waals surface area contributed by atoms with Crippen LogP contribution in [0.4, 0.5) is 0 Å². The molecule has 2 aliphatic heterocycles. The molecular formula is C30H32N2O3. The summed E-state index contributed by atoms with van der Waals surface area (Å²) in [5, 5.41) is 10.8. The lowest BCUT2D eigenvalue weighted by atomic mass is 9.86. The minimum absolute atomic E-state index is 0.0656. The van der Waals surface area contributed by atoms with Crippen molar-refractivity contribution in [1.29, 1.82) is 0 Å². The van der Waals surface area contributed by atoms with Gasteiger partial charge in [-0.3, -0.25) is 14.7 Å². The quantitative estimate of drug-likeness (QED) is 0.447. The fourth-order valence-corrected chi connectivity index (χ4v) is 5.01. The van der Waals surface area contributed by atoms with E-state index in [2.05, 4.69) is 48.9 Å². The van der Waals surface area contributed by atoms with E-state index in [1.54, 1.807) is 24.4 Å². The second kappa shape index (κ2) is 9.31. The van der Waals surface area contributed by atoms with Gasteiger partial charge in [-0.1, -0.05) is 57.5 Å². The molecule has 3 aromatic rings. The zero-order valence-corrected chi connectivity index (χ0v) is 20.6. The van der Waals surface area contributed by atoms with Crippen LogP contribution in [-0.2, 0) is 12.0 Å². The number of carbonyl (C=O) groups excluding carboxylic acids is 1. The maximum Gasteiger partial charge on any atom is 0.231 e. The molecular weight excluding hydrogens is 436 g/mol. The van der Waals surface area contributed by atoms with Crippen molar-refractivity contribution in [2.75, 3.05) is 6.54 Å². The van der Waals surface area contributed by atoms with Crippen LogP contribution in [0, 0.1) is 0 Å². The molecule has 35 heavy (non-hydrogen) atoms. The number of piperidine rings is 1. The Kier molecular flexibility index (Phi) is 6.20. The van der Waals surface area contributed by atoms with Crippen molar-refractivity contribution in [3.63, 3.8) is 0 Å². The molecule has 1 N–H and O–H groups in total. The molecule has 2 aromatic carbocycles. The summed E-state index contributed by atoms with van der Waals surface area (Å²) in [7, 11) is 0. The topological polar surface area (TPSA) is 62.7 Å². The van der Waals surface area contributed by atoms with Crippen molar-refractivity contribution in [3.05, 3.63) is 94.5 Å². The molecule has 1 fully saturated rings. The second-order valence-corrected chi connectivity index (χ2v) is 10.5. The first-order chi connectivity index (χ1) is 16.8. The molecule has 1 atom stereocenters. The highest BCUT2D eigenvalue weighted by molar-refractivity contribution is 6.15. The third-order valence-corrected chi connectivity index (χ3v) is 7.03. The number of ketones is 1. The number of fused-ring (bicyclic) bond motifs is 1. The number of rotatable bonds is 4. The lowest BCUT2D eigenvalue weighted by Gasteiger charge is -2.36. The van der Waals surface area contributed by atoms with E-state index in [9.17, 15) is 9.90 Å². The van der Waals surface area contributed by atoms with Gasteiger partial charge in [0.25, 0.3) is 0 Å². The highest BCUT2D eigenvalue weighted by Gasteiger charge is 2.33. The molecule has 2 aliphatic rings. The zero-order chi connectivity index (χ0) is 24.6. The highest BCUT2D eigenvalue weighted by atomic mass is 16.5. The normalized spacial score (nSPS) is 19.6. The van der Waals surface area contributed by atoms with E-state index < -0.39 is 0 Å². The fourth-order valence-electron chi connectivity index (χ4n) is 5.01. The van der Waals surface area contributed by atoms with E-state index in [1.807, 2.05) is 24.4 Å². The molecule has 1 aromatic heterocycles. The number of carbonyl (C=O) groups is 1. The van der Waals surface area contributed by atoms with E-state index >= 15 is 0 Å². The van der Waals surface area contributed by atoms with Crippen molar-refractivity contribution in [2.24, 2.45) is 0 Å². The number of nitrogens with zero attached hydrogens (tertiary/aromatic N) is 2. The molecule has 5 rings (SSSR count). The van der Waals surface area contributed by atoms with Crippen molar-refractivity contribution in [2.45, 2.75) is 58.0 Å². The molecule has 0 spiro atoms. The Hall–Kier alpha value is -3.44. The summed E-state index contributed by atoms with van der Waals surface area (Å²) in [5.74, 6) is 0.771. The number of hydrogen-bond donors (Lipinski definition) is 1. The van der Waals surface area contributed by atoms with Crippen LogP contribution >= 0.6 is 0 Å². The predicted octanol–water partition coefficient (Wildman–Crippen LogP) is 6.43. The van der Waals surface area contributed by atoms with Crippen LogP contribution in [0.5, 0.6) is 11.5 Å². The number of ether oxygens (including phenoxy) is 1. The molecule has 0 aliphatic carbocycles. The van der Waals surface area contributed by atoms with E-state index in [1.165, 1.54) is 11.1 Å². The van der Waals surface area contributed by atoms with E-state index in [-0.39, 0.29) is 28.7 Å². The van der Waals surface area contributed by atoms with Gasteiger partial charge in [-0.15, -0.1) is 0 Å². The Morgan fingerprint density at radius 1 is 1.11 bits per heavy atom. The van der Waals surface area contributed by atoms with E-state index in [0.29, 0.717) is 23.4 Å². The van der Waals surface area contributed by atoms with Gasteiger partial charge >= 0.3 is 0 Å². The number of aromatic nitrogens is 1. The largest absolute Gasteiger partial charge is 0.507 e. The van der Waals surface area contributed by atoms with Crippen LogP contribution in [-0.4, -0.2) is 27.3 Å². The van der Waals surface area contributed by atoms with Crippen molar-refractivity contribution in [1.82, 2.24) is 9.88 Å². The second-order valence-electron chi connectivity index (χ2n) is 10.5. The molecule has 0 amide bonds. The first-order valence-electron chi connectivity index (χ1n) is 12.3. The number of aromatic hydroxyl groups is 1. The molecule has 5 heteroatoms. The first kappa shape index (κ1) is 23.3. The van der Waals surface area contributed by atoms with Crippen LogP contribution in [0.1, 0.15) is 78.7 Å². The average Bonchev–Trinajstić information content (AvgIpc) is 3.17. The van der Waals surface area contributed by atoms with Gasteiger partial charge in [0.05, 0.1) is 11.1 Å². The summed E-state index contributed by atoms with van der Waals surface area (Å²) >= 11 is 0. The van der Waals surface area contributed by atoms with Crippen molar-refractivity contribution in [3.8, 4) is 11.5 Å². The first-order valence-corrected chi connectivity index (χ1v) is 12.3. The smallest absolute Gasteiger partial charge is 0.231 e. The summed E-state index contributed by atoms with van der Waals surface area (Å²) in [6.07, 6.45) is 8.79. The monoisotopic (exact) mass is 468 g/mol. The van der Waals surface area contributed by atoms with Gasteiger partial charge in [0.15, 0.2) is 5.76 Å². The fraction of sp³-hybridized carbons (Fsp3) is 0.333. The Bertz CT molecular complexity index is 1260. The van der Waals surface area contributed by atoms with Gasteiger partial charge in [0.2, 0.25) is 5.78 Å². The highest BCUT2D eigenvalue weighted by Crippen LogP contribution is 2.42. The number of allylic oxidation sites excluding steroid dienone is 1. The molecule has 5 nitrogen and oxygen atoms in total. The van der Waals surface area contributed by atoms with Crippen LogP contribution in [0.3, 0.4) is 0 Å². The number of hydrogen-bond acceptors (Lipinski definition) is 5. The Labute approximate surface area is 207 Å². The van der Waals surface area contributed by atoms with Gasteiger partial charge < -0.3 is 9.84 Å². The zero-order valence-electron chi connectivity index (χ0n) is 20.6. The lowest BCUT2D eigenvalue weighted by molar-refractivity contribution is 0.101. The van der Waals surface area contributed by atoms with Crippen LogP contribution < -0.4 is 4.74 Å². The Morgan fingerprint density at radius 2 is 1.91 bits per heavy atom. The molecule has 3 heterocycles. The maximum absolute atomic E-state index is 13.2. The summed E-state index contributed by atoms with van der Waals surface area (Å²) < 4.78 is 6.13. The number of Topliss-reactive ketones (excluding diaryl/α,β-unsaturated/α-hetero) is 1. The molecule has 0 bridgehead atoms.